The Kier molecular flexibility index (Phi) is 4.29. The Hall–Kier alpha value is -3.55. The predicted octanol–water partition coefficient (Wildman–Crippen LogP) is 2.67. The number of hydrogen-bond donors (Lipinski definition) is 1. The molecule has 0 amide bonds. The Labute approximate surface area is 162 Å². The Bertz CT molecular complexity index is 960. The summed E-state index contributed by atoms with van der Waals surface area (Å²) >= 11 is 0. The molecule has 0 unspecified atom stereocenters. The molecule has 1 N–H and O–H groups in total. The van der Waals surface area contributed by atoms with E-state index < -0.39 is 0 Å². The van der Waals surface area contributed by atoms with Crippen LogP contribution in [0, 0.1) is 0 Å². The fourth-order valence-corrected chi connectivity index (χ4v) is 3.39. The summed E-state index contributed by atoms with van der Waals surface area (Å²) in [6.07, 6.45) is 3.61. The molecular weight excluding hydrogens is 356 g/mol. The number of aromatic nitrogens is 3. The maximum atomic E-state index is 5.42. The minimum Gasteiger partial charge on any atom is -0.454 e. The van der Waals surface area contributed by atoms with Crippen molar-refractivity contribution in [1.82, 2.24) is 15.0 Å². The first kappa shape index (κ1) is 16.6. The highest BCUT2D eigenvalue weighted by atomic mass is 16.7. The number of pyridine rings is 1. The van der Waals surface area contributed by atoms with E-state index in [1.165, 1.54) is 0 Å². The van der Waals surface area contributed by atoms with Gasteiger partial charge in [-0.2, -0.15) is 4.98 Å². The molecule has 2 aromatic heterocycles. The largest absolute Gasteiger partial charge is 0.454 e. The van der Waals surface area contributed by atoms with Gasteiger partial charge in [-0.3, -0.25) is 0 Å². The summed E-state index contributed by atoms with van der Waals surface area (Å²) in [5.74, 6) is 3.98. The maximum Gasteiger partial charge on any atom is 0.231 e. The van der Waals surface area contributed by atoms with Crippen molar-refractivity contribution in [3.05, 3.63) is 54.9 Å². The minimum absolute atomic E-state index is 0.259. The monoisotopic (exact) mass is 376 g/mol. The van der Waals surface area contributed by atoms with E-state index in [0.717, 1.165) is 55.0 Å². The number of ether oxygens (including phenoxy) is 2. The van der Waals surface area contributed by atoms with Gasteiger partial charge < -0.3 is 24.6 Å². The first-order chi connectivity index (χ1) is 13.8. The molecule has 142 valence electrons. The lowest BCUT2D eigenvalue weighted by Gasteiger charge is -2.36. The van der Waals surface area contributed by atoms with Crippen molar-refractivity contribution in [2.45, 2.75) is 0 Å². The highest BCUT2D eigenvalue weighted by molar-refractivity contribution is 5.61. The molecule has 8 heteroatoms. The number of anilines is 4. The summed E-state index contributed by atoms with van der Waals surface area (Å²) in [5.41, 5.74) is 0.862. The first-order valence-electron chi connectivity index (χ1n) is 9.26. The van der Waals surface area contributed by atoms with Crippen molar-refractivity contribution >= 4 is 23.3 Å². The van der Waals surface area contributed by atoms with Crippen molar-refractivity contribution in [1.29, 1.82) is 0 Å². The van der Waals surface area contributed by atoms with Crippen molar-refractivity contribution in [3.63, 3.8) is 0 Å². The Morgan fingerprint density at radius 3 is 2.43 bits per heavy atom. The molecule has 8 nitrogen and oxygen atoms in total. The zero-order chi connectivity index (χ0) is 18.8. The third kappa shape index (κ3) is 3.36. The van der Waals surface area contributed by atoms with Crippen LogP contribution in [0.25, 0.3) is 0 Å². The number of nitrogens with zero attached hydrogens (tertiary/aromatic N) is 5. The van der Waals surface area contributed by atoms with Gasteiger partial charge in [0.25, 0.3) is 0 Å². The maximum absolute atomic E-state index is 5.42. The van der Waals surface area contributed by atoms with Crippen molar-refractivity contribution in [2.75, 3.05) is 48.1 Å². The lowest BCUT2D eigenvalue weighted by atomic mass is 10.3. The van der Waals surface area contributed by atoms with E-state index in [2.05, 4.69) is 30.1 Å². The van der Waals surface area contributed by atoms with Gasteiger partial charge in [-0.15, -0.1) is 0 Å². The molecule has 1 fully saturated rings. The molecule has 0 saturated carbocycles. The number of rotatable bonds is 4. The van der Waals surface area contributed by atoms with Gasteiger partial charge >= 0.3 is 0 Å². The summed E-state index contributed by atoms with van der Waals surface area (Å²) in [6, 6.07) is 13.7. The van der Waals surface area contributed by atoms with E-state index in [1.807, 2.05) is 48.7 Å². The van der Waals surface area contributed by atoms with E-state index in [0.29, 0.717) is 5.95 Å². The summed E-state index contributed by atoms with van der Waals surface area (Å²) in [7, 11) is 0. The fourth-order valence-electron chi connectivity index (χ4n) is 3.39. The van der Waals surface area contributed by atoms with Gasteiger partial charge in [-0.25, -0.2) is 9.97 Å². The highest BCUT2D eigenvalue weighted by Gasteiger charge is 2.19. The lowest BCUT2D eigenvalue weighted by Crippen LogP contribution is -2.47. The third-order valence-corrected chi connectivity index (χ3v) is 4.85. The molecule has 5 rings (SSSR count). The van der Waals surface area contributed by atoms with Crippen LogP contribution in [0.4, 0.5) is 23.3 Å². The molecule has 0 radical (unpaired) electrons. The fraction of sp³-hybridized carbons (Fsp3) is 0.250. The molecule has 2 aliphatic heterocycles. The van der Waals surface area contributed by atoms with Crippen LogP contribution in [0.5, 0.6) is 11.5 Å². The van der Waals surface area contributed by atoms with Crippen LogP contribution in [-0.2, 0) is 0 Å². The van der Waals surface area contributed by atoms with Crippen LogP contribution in [0.15, 0.2) is 54.9 Å². The van der Waals surface area contributed by atoms with Crippen molar-refractivity contribution in [3.8, 4) is 11.5 Å². The summed E-state index contributed by atoms with van der Waals surface area (Å²) < 4.78 is 10.8. The molecule has 4 heterocycles. The van der Waals surface area contributed by atoms with E-state index in [4.69, 9.17) is 9.47 Å². The molecule has 2 aliphatic rings. The van der Waals surface area contributed by atoms with Gasteiger partial charge in [0.15, 0.2) is 11.5 Å². The summed E-state index contributed by atoms with van der Waals surface area (Å²) in [6.45, 7) is 3.85. The smallest absolute Gasteiger partial charge is 0.231 e. The second kappa shape index (κ2) is 7.22. The van der Waals surface area contributed by atoms with Gasteiger partial charge in [0, 0.05) is 50.3 Å². The Morgan fingerprint density at radius 2 is 1.61 bits per heavy atom. The topological polar surface area (TPSA) is 75.6 Å². The Balaban J connectivity index is 1.26. The average molecular weight is 376 g/mol. The van der Waals surface area contributed by atoms with E-state index in [9.17, 15) is 0 Å². The second-order valence-corrected chi connectivity index (χ2v) is 6.59. The summed E-state index contributed by atoms with van der Waals surface area (Å²) in [4.78, 5) is 18.0. The predicted molar refractivity (Wildman–Crippen MR) is 107 cm³/mol. The highest BCUT2D eigenvalue weighted by Crippen LogP contribution is 2.34. The van der Waals surface area contributed by atoms with E-state index in [1.54, 1.807) is 6.20 Å². The molecule has 1 aromatic carbocycles. The number of fused-ring (bicyclic) bond motifs is 1. The molecule has 0 spiro atoms. The molecule has 0 aliphatic carbocycles. The third-order valence-electron chi connectivity index (χ3n) is 4.85. The van der Waals surface area contributed by atoms with Gasteiger partial charge in [0.1, 0.15) is 11.6 Å². The molecule has 28 heavy (non-hydrogen) atoms. The van der Waals surface area contributed by atoms with Gasteiger partial charge in [-0.05, 0) is 30.3 Å². The van der Waals surface area contributed by atoms with Crippen molar-refractivity contribution < 1.29 is 9.47 Å². The molecule has 1 saturated heterocycles. The van der Waals surface area contributed by atoms with Crippen LogP contribution >= 0.6 is 0 Å². The summed E-state index contributed by atoms with van der Waals surface area (Å²) in [5, 5.41) is 3.24. The number of benzene rings is 1. The minimum atomic E-state index is 0.259. The molecule has 0 bridgehead atoms. The lowest BCUT2D eigenvalue weighted by molar-refractivity contribution is 0.174. The van der Waals surface area contributed by atoms with Crippen LogP contribution in [0.1, 0.15) is 0 Å². The Morgan fingerprint density at radius 1 is 0.786 bits per heavy atom. The van der Waals surface area contributed by atoms with Crippen molar-refractivity contribution in [2.24, 2.45) is 0 Å². The first-order valence-corrected chi connectivity index (χ1v) is 9.26. The van der Waals surface area contributed by atoms with Crippen LogP contribution in [-0.4, -0.2) is 47.9 Å². The zero-order valence-electron chi connectivity index (χ0n) is 15.3. The van der Waals surface area contributed by atoms with Crippen LogP contribution in [0.3, 0.4) is 0 Å². The number of nitrogens with one attached hydrogen (secondary N) is 1. The average Bonchev–Trinajstić information content (AvgIpc) is 3.23. The quantitative estimate of drug-likeness (QED) is 0.745. The zero-order valence-corrected chi connectivity index (χ0v) is 15.3. The number of hydrogen-bond acceptors (Lipinski definition) is 8. The normalized spacial score (nSPS) is 15.6. The molecular formula is C20H20N6O2. The van der Waals surface area contributed by atoms with Gasteiger partial charge in [0.2, 0.25) is 12.7 Å². The van der Waals surface area contributed by atoms with E-state index >= 15 is 0 Å². The van der Waals surface area contributed by atoms with E-state index in [-0.39, 0.29) is 6.79 Å². The number of piperazine rings is 1. The van der Waals surface area contributed by atoms with Crippen LogP contribution < -0.4 is 24.6 Å². The van der Waals surface area contributed by atoms with Gasteiger partial charge in [0.05, 0.1) is 0 Å². The standard InChI is InChI=1S/C20H20N6O2/c1-2-7-21-18(3-1)25-9-11-26(12-10-25)19-6-8-22-20(24-19)23-15-4-5-16-17(13-15)28-14-27-16/h1-8,13H,9-12,14H2,(H,22,23,24). The van der Waals surface area contributed by atoms with Gasteiger partial charge in [-0.1, -0.05) is 6.07 Å². The molecule has 0 atom stereocenters. The second-order valence-electron chi connectivity index (χ2n) is 6.59. The SMILES string of the molecule is c1ccc(N2CCN(c3ccnc(Nc4ccc5c(c4)OCO5)n3)CC2)nc1. The van der Waals surface area contributed by atoms with Crippen LogP contribution in [0.2, 0.25) is 0 Å². The molecule has 3 aromatic rings.